The Morgan fingerprint density at radius 1 is 1.23 bits per heavy atom. The number of nitrogens with one attached hydrogen (secondary N) is 2. The zero-order valence-electron chi connectivity index (χ0n) is 20.8. The van der Waals surface area contributed by atoms with Crippen molar-refractivity contribution in [2.24, 2.45) is 17.8 Å². The Morgan fingerprint density at radius 3 is 2.54 bits per heavy atom. The highest BCUT2D eigenvalue weighted by atomic mass is 35.5. The zero-order chi connectivity index (χ0) is 25.5. The molecule has 3 heterocycles. The molecule has 1 spiro atoms. The molecule has 3 saturated heterocycles. The van der Waals surface area contributed by atoms with Crippen molar-refractivity contribution in [3.63, 3.8) is 0 Å². The van der Waals surface area contributed by atoms with E-state index < -0.39 is 41.0 Å². The van der Waals surface area contributed by atoms with Crippen LogP contribution in [-0.4, -0.2) is 64.2 Å². The number of hydrogen-bond donors (Lipinski definition) is 3. The van der Waals surface area contributed by atoms with Gasteiger partial charge in [-0.25, -0.2) is 0 Å². The number of anilines is 1. The average molecular weight is 506 g/mol. The van der Waals surface area contributed by atoms with Crippen LogP contribution in [0, 0.1) is 17.8 Å². The molecule has 3 N–H and O–H groups in total. The van der Waals surface area contributed by atoms with E-state index in [-0.39, 0.29) is 24.3 Å². The minimum absolute atomic E-state index is 0.112. The zero-order valence-corrected chi connectivity index (χ0v) is 21.6. The minimum atomic E-state index is -1.14. The Labute approximate surface area is 211 Å². The molecule has 1 aromatic rings. The van der Waals surface area contributed by atoms with Crippen LogP contribution in [0.2, 0.25) is 5.02 Å². The van der Waals surface area contributed by atoms with Crippen molar-refractivity contribution in [2.75, 3.05) is 18.5 Å². The predicted molar refractivity (Wildman–Crippen MR) is 133 cm³/mol. The lowest BCUT2D eigenvalue weighted by Crippen LogP contribution is -2.57. The molecule has 0 radical (unpaired) electrons. The van der Waals surface area contributed by atoms with Crippen LogP contribution in [-0.2, 0) is 19.1 Å². The van der Waals surface area contributed by atoms with Gasteiger partial charge in [0.15, 0.2) is 0 Å². The Hall–Kier alpha value is -2.16. The summed E-state index contributed by atoms with van der Waals surface area (Å²) in [6.45, 7) is 7.95. The quantitative estimate of drug-likeness (QED) is 0.478. The summed E-state index contributed by atoms with van der Waals surface area (Å²) < 4.78 is 6.71. The van der Waals surface area contributed by atoms with Gasteiger partial charge in [0.1, 0.15) is 11.6 Å². The predicted octanol–water partition coefficient (Wildman–Crippen LogP) is 2.98. The van der Waals surface area contributed by atoms with Crippen molar-refractivity contribution in [3.8, 4) is 0 Å². The van der Waals surface area contributed by atoms with Crippen molar-refractivity contribution >= 4 is 35.0 Å². The fourth-order valence-corrected chi connectivity index (χ4v) is 6.64. The lowest BCUT2D eigenvalue weighted by atomic mass is 9.65. The van der Waals surface area contributed by atoms with Crippen molar-refractivity contribution in [2.45, 2.75) is 76.7 Å². The van der Waals surface area contributed by atoms with E-state index in [1.807, 2.05) is 27.7 Å². The topological polar surface area (TPSA) is 108 Å². The minimum Gasteiger partial charge on any atom is -0.394 e. The van der Waals surface area contributed by atoms with Crippen LogP contribution in [0.5, 0.6) is 0 Å². The molecule has 6 atom stereocenters. The molecule has 0 aliphatic carbocycles. The van der Waals surface area contributed by atoms with E-state index in [1.54, 1.807) is 24.3 Å². The summed E-state index contributed by atoms with van der Waals surface area (Å²) in [5, 5.41) is 16.5. The van der Waals surface area contributed by atoms with Gasteiger partial charge in [0, 0.05) is 6.54 Å². The second-order valence-corrected chi connectivity index (χ2v) is 10.7. The van der Waals surface area contributed by atoms with Gasteiger partial charge in [-0.05, 0) is 43.7 Å². The van der Waals surface area contributed by atoms with Crippen LogP contribution in [0.1, 0.15) is 53.4 Å². The van der Waals surface area contributed by atoms with Crippen molar-refractivity contribution in [3.05, 3.63) is 29.3 Å². The second kappa shape index (κ2) is 9.71. The molecule has 3 fully saturated rings. The van der Waals surface area contributed by atoms with E-state index in [4.69, 9.17) is 16.3 Å². The Morgan fingerprint density at radius 2 is 1.94 bits per heavy atom. The largest absolute Gasteiger partial charge is 0.394 e. The molecule has 3 aliphatic heterocycles. The normalized spacial score (nSPS) is 32.1. The number of ether oxygens (including phenoxy) is 1. The summed E-state index contributed by atoms with van der Waals surface area (Å²) in [6.07, 6.45) is 2.42. The van der Waals surface area contributed by atoms with Gasteiger partial charge >= 0.3 is 0 Å². The molecule has 2 unspecified atom stereocenters. The highest BCUT2D eigenvalue weighted by molar-refractivity contribution is 6.33. The number of aliphatic hydroxyl groups is 1. The first-order chi connectivity index (χ1) is 16.7. The van der Waals surface area contributed by atoms with Gasteiger partial charge in [-0.1, -0.05) is 51.4 Å². The standard InChI is InChI=1S/C26H36ClN3O5/c1-5-13-28-22(32)19-20-24(34)30(18(14-31)15(3)4)21(26(20)12-11-25(19,6-2)35-26)23(33)29-17-10-8-7-9-16(17)27/h7-10,15,18-21,31H,5-6,11-14H2,1-4H3,(H,28,32)(H,29,33)/t18-,19+,20-,21?,25-,26?/m0/s1. The van der Waals surface area contributed by atoms with E-state index in [0.717, 1.165) is 6.42 Å². The molecule has 0 aromatic heterocycles. The molecule has 192 valence electrons. The third-order valence-corrected chi connectivity index (χ3v) is 8.47. The third-order valence-electron chi connectivity index (χ3n) is 8.14. The molecule has 35 heavy (non-hydrogen) atoms. The van der Waals surface area contributed by atoms with Crippen LogP contribution in [0.4, 0.5) is 5.69 Å². The summed E-state index contributed by atoms with van der Waals surface area (Å²) in [6, 6.07) is 5.33. The number of benzene rings is 1. The van der Waals surface area contributed by atoms with Crippen molar-refractivity contribution in [1.29, 1.82) is 0 Å². The number of fused-ring (bicyclic) bond motifs is 1. The van der Waals surface area contributed by atoms with Crippen molar-refractivity contribution < 1.29 is 24.2 Å². The summed E-state index contributed by atoms with van der Waals surface area (Å²) in [7, 11) is 0. The molecule has 4 rings (SSSR count). The van der Waals surface area contributed by atoms with Gasteiger partial charge in [-0.3, -0.25) is 14.4 Å². The number of aliphatic hydroxyl groups excluding tert-OH is 1. The third kappa shape index (κ3) is 3.94. The SMILES string of the molecule is CCCNC(=O)[C@H]1[C@H]2C(=O)N([C@@H](CO)C(C)C)C(C(=O)Nc3ccccc3Cl)C23CC[C@]1(CC)O3. The van der Waals surface area contributed by atoms with E-state index in [1.165, 1.54) is 4.90 Å². The van der Waals surface area contributed by atoms with Gasteiger partial charge in [-0.2, -0.15) is 0 Å². The first kappa shape index (κ1) is 25.9. The van der Waals surface area contributed by atoms with Gasteiger partial charge in [-0.15, -0.1) is 0 Å². The number of halogens is 1. The average Bonchev–Trinajstić information content (AvgIpc) is 3.43. The van der Waals surface area contributed by atoms with Gasteiger partial charge < -0.3 is 25.4 Å². The smallest absolute Gasteiger partial charge is 0.250 e. The number of carbonyl (C=O) groups excluding carboxylic acids is 3. The first-order valence-corrected chi connectivity index (χ1v) is 13.0. The fourth-order valence-electron chi connectivity index (χ4n) is 6.45. The van der Waals surface area contributed by atoms with Crippen LogP contribution >= 0.6 is 11.6 Å². The molecule has 0 saturated carbocycles. The molecule has 3 amide bonds. The fraction of sp³-hybridized carbons (Fsp3) is 0.654. The summed E-state index contributed by atoms with van der Waals surface area (Å²) in [4.78, 5) is 42.9. The molecular formula is C26H36ClN3O5. The second-order valence-electron chi connectivity index (χ2n) is 10.3. The summed E-state index contributed by atoms with van der Waals surface area (Å²) >= 11 is 6.31. The lowest BCUT2D eigenvalue weighted by Gasteiger charge is -2.38. The monoisotopic (exact) mass is 505 g/mol. The highest BCUT2D eigenvalue weighted by Gasteiger charge is 2.79. The first-order valence-electron chi connectivity index (χ1n) is 12.6. The Kier molecular flexibility index (Phi) is 7.19. The maximum Gasteiger partial charge on any atom is 0.250 e. The maximum absolute atomic E-state index is 14.1. The Bertz CT molecular complexity index is 1000. The number of nitrogens with zero attached hydrogens (tertiary/aromatic N) is 1. The number of rotatable bonds is 9. The number of hydrogen-bond acceptors (Lipinski definition) is 5. The lowest BCUT2D eigenvalue weighted by molar-refractivity contribution is -0.150. The molecule has 3 aliphatic rings. The van der Waals surface area contributed by atoms with Crippen LogP contribution in [0.15, 0.2) is 24.3 Å². The van der Waals surface area contributed by atoms with Gasteiger partial charge in [0.05, 0.1) is 40.8 Å². The van der Waals surface area contributed by atoms with Gasteiger partial charge in [0.25, 0.3) is 0 Å². The highest BCUT2D eigenvalue weighted by Crippen LogP contribution is 2.64. The van der Waals surface area contributed by atoms with E-state index in [2.05, 4.69) is 10.6 Å². The molecule has 1 aromatic carbocycles. The van der Waals surface area contributed by atoms with Crippen LogP contribution in [0.3, 0.4) is 0 Å². The van der Waals surface area contributed by atoms with Gasteiger partial charge in [0.2, 0.25) is 17.7 Å². The molecule has 9 heteroatoms. The van der Waals surface area contributed by atoms with Crippen molar-refractivity contribution in [1.82, 2.24) is 10.2 Å². The summed E-state index contributed by atoms with van der Waals surface area (Å²) in [5.74, 6) is -2.51. The number of carbonyl (C=O) groups is 3. The number of para-hydroxylation sites is 1. The van der Waals surface area contributed by atoms with E-state index >= 15 is 0 Å². The molecule has 8 nitrogen and oxygen atoms in total. The maximum atomic E-state index is 14.1. The molecular weight excluding hydrogens is 470 g/mol. The molecule has 2 bridgehead atoms. The van der Waals surface area contributed by atoms with E-state index in [9.17, 15) is 19.5 Å². The van der Waals surface area contributed by atoms with Crippen LogP contribution in [0.25, 0.3) is 0 Å². The number of amides is 3. The Balaban J connectivity index is 1.80. The van der Waals surface area contributed by atoms with Crippen LogP contribution < -0.4 is 10.6 Å². The number of likely N-dealkylation sites (tertiary alicyclic amines) is 1. The van der Waals surface area contributed by atoms with E-state index in [0.29, 0.717) is 36.5 Å². The summed E-state index contributed by atoms with van der Waals surface area (Å²) in [5.41, 5.74) is -1.50.